The van der Waals surface area contributed by atoms with Gasteiger partial charge in [-0.05, 0) is 238 Å². The second-order valence-electron chi connectivity index (χ2n) is 30.8. The predicted octanol–water partition coefficient (Wildman–Crippen LogP) is 10.5. The molecule has 137 heavy (non-hydrogen) atoms. The molecule has 0 aliphatic heterocycles. The number of amides is 8. The van der Waals surface area contributed by atoms with Gasteiger partial charge in [0.2, 0.25) is 5.91 Å². The maximum Gasteiger partial charge on any atom is 0.266 e. The number of anilines is 1. The van der Waals surface area contributed by atoms with E-state index in [2.05, 4.69) is 89.3 Å². The molecule has 0 aliphatic carbocycles. The number of carbonyl (C=O) groups excluding carboxylic acids is 11. The Balaban J connectivity index is 0.000000263. The van der Waals surface area contributed by atoms with Crippen LogP contribution >= 0.6 is 0 Å². The van der Waals surface area contributed by atoms with E-state index in [1.165, 1.54) is 57.5 Å². The molecule has 0 saturated carbocycles. The number of hydroxylamine groups is 2. The van der Waals surface area contributed by atoms with Crippen LogP contribution in [-0.2, 0) is 56.1 Å². The molecule has 0 bridgehead atoms. The molecule has 0 saturated heterocycles. The number of benzene rings is 4. The Morgan fingerprint density at radius 2 is 0.883 bits per heavy atom. The van der Waals surface area contributed by atoms with E-state index < -0.39 is 84.0 Å². The zero-order valence-electron chi connectivity index (χ0n) is 77.6. The van der Waals surface area contributed by atoms with Crippen molar-refractivity contribution < 1.29 is 102 Å². The molecule has 0 radical (unpaired) electrons. The number of nitrogens with zero attached hydrogens (tertiary/aromatic N) is 4. The average molecular weight is 1870 g/mol. The number of aliphatic hydroxyl groups excluding tert-OH is 5. The van der Waals surface area contributed by atoms with Gasteiger partial charge in [-0.3, -0.25) is 72.8 Å². The van der Waals surface area contributed by atoms with Crippen LogP contribution in [-0.4, -0.2) is 168 Å². The Morgan fingerprint density at radius 1 is 0.438 bits per heavy atom. The Hall–Kier alpha value is -16.2. The van der Waals surface area contributed by atoms with Gasteiger partial charge in [0, 0.05) is 96.0 Å². The van der Waals surface area contributed by atoms with Crippen LogP contribution in [0.25, 0.3) is 30.4 Å². The number of hydrogen-bond donors (Lipinski definition) is 15. The van der Waals surface area contributed by atoms with Crippen LogP contribution in [0.3, 0.4) is 0 Å². The van der Waals surface area contributed by atoms with Crippen LogP contribution in [0.5, 0.6) is 0 Å². The number of pyridine rings is 1. The summed E-state index contributed by atoms with van der Waals surface area (Å²) in [5.74, 6) is 19.5. The lowest BCUT2D eigenvalue weighted by atomic mass is 10.0. The van der Waals surface area contributed by atoms with Gasteiger partial charge in [-0.1, -0.05) is 109 Å². The molecule has 6 heterocycles. The highest BCUT2D eigenvalue weighted by Gasteiger charge is 2.30. The van der Waals surface area contributed by atoms with Crippen LogP contribution in [0.15, 0.2) is 233 Å². The molecule has 8 amide bonds. The second kappa shape index (κ2) is 58.0. The number of aromatic nitrogens is 4. The zero-order valence-corrected chi connectivity index (χ0v) is 77.6. The van der Waals surface area contributed by atoms with Gasteiger partial charge in [0.05, 0.1) is 66.9 Å². The monoisotopic (exact) mass is 1860 g/mol. The molecule has 10 rings (SSSR count). The summed E-state index contributed by atoms with van der Waals surface area (Å²) in [6.45, 7) is 16.3. The van der Waals surface area contributed by atoms with Gasteiger partial charge in [0.1, 0.15) is 59.8 Å². The number of allylic oxidation sites excluding steroid dienone is 4. The van der Waals surface area contributed by atoms with E-state index in [4.69, 9.17) is 28.8 Å². The van der Waals surface area contributed by atoms with Crippen LogP contribution < -0.4 is 42.9 Å². The van der Waals surface area contributed by atoms with E-state index in [9.17, 15) is 73.2 Å². The molecule has 15 N–H and O–H groups in total. The standard InChI is InChI=1S/C23H24N2O4.C21H21N3O3.C20H23N3O5.C20H22N2O5.C20H22N2O4/c1-4-21(28)22(16(2)27)24-23(29)18-11-9-17(10-12-18)7-5-6-8-19-13-14-20(15-26)25(19)3;1-4-19(26)20(15(2)25)23-21(27)17-11-9-16(10-12-17)7-5-6-8-18-13-14-22-24(18)3;1-13(2)18(20(26)23-27)22-19(25)14-7-8-15(21-11-14)5-3-4-6-16-9-10-17(12-24)28-16;1-3-17(24)19(13(2)23)22-20(26)14-6-8-15(9-7-14)21-18(25)11-10-16-5-4-12-27-16;1-14(2)18(20(24)22-25)21-19(23)17-9-7-15(8-10-17)5-3-4-6-16-11-12-26-13-16/h9-14,16,22,26-27H,4,15H2,1-3H3,(H,24,29);9-15,20,25H,4H2,1-3H3,(H,23,27);3-11,13,18,24,27H,12H2,1-2H3,(H,22,25)(H,23,26);4-13,19,23H,3H2,1-2H3,(H,21,25)(H,22,26);3-14,18,25H,1-2H3,(H,21,23)(H,22,24)/b;;5-3+,6-4+;11-10+;5-3+,6-4+/t16-,22-;15-,20+;;13-,19+;/m01.1./s1. The number of rotatable bonds is 34. The summed E-state index contributed by atoms with van der Waals surface area (Å²) in [6.07, 6.45) is 23.2. The van der Waals surface area contributed by atoms with Crippen LogP contribution in [0, 0.1) is 59.2 Å². The third-order valence-electron chi connectivity index (χ3n) is 19.8. The Kier molecular flexibility index (Phi) is 46.3. The van der Waals surface area contributed by atoms with E-state index in [0.717, 1.165) is 28.2 Å². The summed E-state index contributed by atoms with van der Waals surface area (Å²) >= 11 is 0. The Bertz CT molecular complexity index is 6090. The lowest BCUT2D eigenvalue weighted by Crippen LogP contribution is -2.48. The minimum Gasteiger partial charge on any atom is -0.472 e. The van der Waals surface area contributed by atoms with Crippen molar-refractivity contribution in [1.82, 2.24) is 56.9 Å². The van der Waals surface area contributed by atoms with Gasteiger partial charge in [-0.15, -0.1) is 0 Å². The fourth-order valence-electron chi connectivity index (χ4n) is 11.9. The van der Waals surface area contributed by atoms with Gasteiger partial charge in [0.15, 0.2) is 17.3 Å². The third kappa shape index (κ3) is 37.4. The summed E-state index contributed by atoms with van der Waals surface area (Å²) in [5, 5.41) is 84.3. The molecular weight excluding hydrogens is 1750 g/mol. The van der Waals surface area contributed by atoms with E-state index >= 15 is 0 Å². The van der Waals surface area contributed by atoms with Gasteiger partial charge in [-0.25, -0.2) is 11.0 Å². The number of furan rings is 3. The highest BCUT2D eigenvalue weighted by Crippen LogP contribution is 2.18. The second-order valence-corrected chi connectivity index (χ2v) is 30.8. The van der Waals surface area contributed by atoms with Crippen molar-refractivity contribution in [2.75, 3.05) is 5.32 Å². The summed E-state index contributed by atoms with van der Waals surface area (Å²) < 4.78 is 18.9. The lowest BCUT2D eigenvalue weighted by molar-refractivity contribution is -0.132. The van der Waals surface area contributed by atoms with E-state index in [0.29, 0.717) is 67.6 Å². The number of Topliss-reactive ketones (excluding diaryl/α,β-unsaturated/α-hetero) is 3. The first-order valence-corrected chi connectivity index (χ1v) is 43.3. The highest BCUT2D eigenvalue weighted by molar-refractivity contribution is 6.04. The molecule has 8 atom stereocenters. The average Bonchev–Trinajstić information content (AvgIpc) is 1.81. The maximum absolute atomic E-state index is 12.3. The molecule has 33 nitrogen and oxygen atoms in total. The summed E-state index contributed by atoms with van der Waals surface area (Å²) in [7, 11) is 3.63. The van der Waals surface area contributed by atoms with Crippen molar-refractivity contribution in [3.63, 3.8) is 0 Å². The molecule has 714 valence electrons. The number of aliphatic hydroxyl groups is 5. The van der Waals surface area contributed by atoms with Crippen molar-refractivity contribution in [2.45, 2.75) is 150 Å². The maximum atomic E-state index is 12.3. The lowest BCUT2D eigenvalue weighted by Gasteiger charge is -2.20. The number of carbonyl (C=O) groups is 11. The Labute approximate surface area is 793 Å². The van der Waals surface area contributed by atoms with E-state index in [1.807, 2.05) is 55.6 Å². The van der Waals surface area contributed by atoms with Gasteiger partial charge >= 0.3 is 0 Å². The number of nitrogens with one attached hydrogen (secondary N) is 8. The van der Waals surface area contributed by atoms with Crippen molar-refractivity contribution in [2.24, 2.45) is 25.9 Å². The molecule has 0 fully saturated rings. The quantitative estimate of drug-likeness (QED) is 0.00586. The molecule has 4 aromatic carbocycles. The molecule has 2 unspecified atom stereocenters. The Morgan fingerprint density at radius 3 is 1.28 bits per heavy atom. The molecular formula is C104H112N12O21. The number of aryl methyl sites for hydroxylation is 1. The minimum atomic E-state index is -0.985. The summed E-state index contributed by atoms with van der Waals surface area (Å²) in [6, 6.07) is 39.4. The summed E-state index contributed by atoms with van der Waals surface area (Å²) in [4.78, 5) is 136. The first-order chi connectivity index (χ1) is 65.6. The highest BCUT2D eigenvalue weighted by atomic mass is 16.5. The smallest absolute Gasteiger partial charge is 0.266 e. The molecule has 6 aromatic heterocycles. The molecule has 10 aromatic rings. The number of ketones is 3. The normalized spacial score (nSPS) is 12.5. The predicted molar refractivity (Wildman–Crippen MR) is 515 cm³/mol. The third-order valence-corrected chi connectivity index (χ3v) is 19.8. The van der Waals surface area contributed by atoms with Crippen molar-refractivity contribution in [3.8, 4) is 47.4 Å². The SMILES string of the molecule is CC(C)C(NC(=O)c1ccc(/C=C/C=C/c2ccc(CO)o2)nc1)C(=O)NO.CC(C)C(NC(=O)c1ccc(/C=C/C=C/c2ccoc2)cc1)C(=O)NO.CCC(=O)[C@@H](NC(=O)c1ccc(C#CC#Cc2ccc(CO)n2C)cc1)[C@H](C)O.CCC(=O)[C@@H](NC(=O)c1ccc(C#CC#Cc2ccnn2C)cc1)[C@@H](C)O.CCC(=O)[C@@H](NC(=O)c1ccc(NC(=O)/C=C/c2ccco2)cc1)[C@@H](C)O. The zero-order chi connectivity index (χ0) is 100. The van der Waals surface area contributed by atoms with E-state index in [-0.39, 0.29) is 73.5 Å². The first-order valence-electron chi connectivity index (χ1n) is 43.3. The van der Waals surface area contributed by atoms with E-state index in [1.54, 1.807) is 240 Å². The fraction of sp³-hybridized carbons (Fsp3) is 0.260. The minimum absolute atomic E-state index is 0.0473. The van der Waals surface area contributed by atoms with Gasteiger partial charge in [-0.2, -0.15) is 5.10 Å². The van der Waals surface area contributed by atoms with Gasteiger partial charge in [0.25, 0.3) is 41.4 Å². The fourth-order valence-corrected chi connectivity index (χ4v) is 11.9. The number of hydrogen-bond acceptors (Lipinski definition) is 23. The topological polar surface area (TPSA) is 501 Å². The van der Waals surface area contributed by atoms with Crippen LogP contribution in [0.2, 0.25) is 0 Å². The van der Waals surface area contributed by atoms with Crippen molar-refractivity contribution in [1.29, 1.82) is 0 Å². The van der Waals surface area contributed by atoms with Crippen molar-refractivity contribution >= 4 is 101 Å². The van der Waals surface area contributed by atoms with Crippen LogP contribution in [0.1, 0.15) is 203 Å². The van der Waals surface area contributed by atoms with Crippen LogP contribution in [0.4, 0.5) is 5.69 Å². The molecule has 0 aliphatic rings. The van der Waals surface area contributed by atoms with Crippen molar-refractivity contribution in [3.05, 3.63) is 309 Å². The molecule has 33 heteroatoms. The first kappa shape index (κ1) is 110. The molecule has 0 spiro atoms. The van der Waals surface area contributed by atoms with Gasteiger partial charge < -0.3 is 75.3 Å². The largest absolute Gasteiger partial charge is 0.472 e. The summed E-state index contributed by atoms with van der Waals surface area (Å²) in [5.41, 5.74) is 11.7.